The van der Waals surface area contributed by atoms with Crippen LogP contribution in [0.2, 0.25) is 0 Å². The van der Waals surface area contributed by atoms with Crippen molar-refractivity contribution in [3.8, 4) is 28.4 Å². The molecule has 2 aromatic rings. The highest BCUT2D eigenvalue weighted by Crippen LogP contribution is 2.43. The Morgan fingerprint density at radius 1 is 1.18 bits per heavy atom. The molecule has 1 unspecified atom stereocenters. The molecule has 1 atom stereocenters. The summed E-state index contributed by atoms with van der Waals surface area (Å²) in [7, 11) is 3.16. The summed E-state index contributed by atoms with van der Waals surface area (Å²) in [6, 6.07) is 8.36. The van der Waals surface area contributed by atoms with E-state index in [1.807, 2.05) is 6.07 Å². The Morgan fingerprint density at radius 3 is 2.68 bits per heavy atom. The lowest BCUT2D eigenvalue weighted by Crippen LogP contribution is -2.24. The predicted octanol–water partition coefficient (Wildman–Crippen LogP) is 2.77. The summed E-state index contributed by atoms with van der Waals surface area (Å²) in [4.78, 5) is 0. The second-order valence-electron chi connectivity index (χ2n) is 5.19. The third-order valence-electron chi connectivity index (χ3n) is 3.82. The van der Waals surface area contributed by atoms with E-state index in [0.29, 0.717) is 35.8 Å². The average Bonchev–Trinajstić information content (AvgIpc) is 2.96. The first-order chi connectivity index (χ1) is 10.7. The van der Waals surface area contributed by atoms with Gasteiger partial charge in [0.15, 0.2) is 0 Å². The van der Waals surface area contributed by atoms with Gasteiger partial charge in [0.2, 0.25) is 0 Å². The molecule has 1 aliphatic rings. The van der Waals surface area contributed by atoms with E-state index >= 15 is 0 Å². The molecular formula is C17H18FNO3. The van der Waals surface area contributed by atoms with E-state index in [4.69, 9.17) is 19.9 Å². The maximum absolute atomic E-state index is 14.0. The molecular weight excluding hydrogens is 285 g/mol. The molecule has 0 aliphatic carbocycles. The van der Waals surface area contributed by atoms with Crippen LogP contribution >= 0.6 is 0 Å². The van der Waals surface area contributed by atoms with Crippen molar-refractivity contribution in [2.24, 2.45) is 5.73 Å². The van der Waals surface area contributed by atoms with E-state index in [-0.39, 0.29) is 11.9 Å². The number of methoxy groups -OCH3 is 2. The minimum atomic E-state index is -0.306. The Balaban J connectivity index is 2.17. The molecule has 0 amide bonds. The SMILES string of the molecule is COc1ccc(OC)c(-c2cc(F)cc3c2OC(CN)C3)c1. The number of rotatable bonds is 4. The molecule has 4 nitrogen and oxygen atoms in total. The van der Waals surface area contributed by atoms with E-state index in [2.05, 4.69) is 0 Å². The quantitative estimate of drug-likeness (QED) is 0.943. The van der Waals surface area contributed by atoms with Crippen molar-refractivity contribution < 1.29 is 18.6 Å². The van der Waals surface area contributed by atoms with Crippen molar-refractivity contribution >= 4 is 0 Å². The number of benzene rings is 2. The van der Waals surface area contributed by atoms with Gasteiger partial charge in [-0.05, 0) is 30.3 Å². The van der Waals surface area contributed by atoms with Crippen LogP contribution in [-0.2, 0) is 6.42 Å². The van der Waals surface area contributed by atoms with Gasteiger partial charge in [0.25, 0.3) is 0 Å². The molecule has 22 heavy (non-hydrogen) atoms. The third kappa shape index (κ3) is 2.48. The van der Waals surface area contributed by atoms with Crippen molar-refractivity contribution in [2.45, 2.75) is 12.5 Å². The molecule has 2 N–H and O–H groups in total. The van der Waals surface area contributed by atoms with Gasteiger partial charge in [-0.3, -0.25) is 0 Å². The number of ether oxygens (including phenoxy) is 3. The van der Waals surface area contributed by atoms with Gasteiger partial charge in [-0.15, -0.1) is 0 Å². The molecule has 0 bridgehead atoms. The molecule has 0 saturated carbocycles. The van der Waals surface area contributed by atoms with Crippen LogP contribution in [0.25, 0.3) is 11.1 Å². The number of halogens is 1. The second-order valence-corrected chi connectivity index (χ2v) is 5.19. The minimum Gasteiger partial charge on any atom is -0.497 e. The maximum Gasteiger partial charge on any atom is 0.131 e. The minimum absolute atomic E-state index is 0.118. The van der Waals surface area contributed by atoms with E-state index in [1.54, 1.807) is 26.4 Å². The summed E-state index contributed by atoms with van der Waals surface area (Å²) >= 11 is 0. The fourth-order valence-electron chi connectivity index (χ4n) is 2.75. The molecule has 0 spiro atoms. The average molecular weight is 303 g/mol. The lowest BCUT2D eigenvalue weighted by molar-refractivity contribution is 0.242. The number of hydrogen-bond donors (Lipinski definition) is 1. The Kier molecular flexibility index (Phi) is 3.90. The summed E-state index contributed by atoms with van der Waals surface area (Å²) in [5.41, 5.74) is 7.89. The van der Waals surface area contributed by atoms with Gasteiger partial charge in [-0.2, -0.15) is 0 Å². The first-order valence-electron chi connectivity index (χ1n) is 7.07. The smallest absolute Gasteiger partial charge is 0.131 e. The van der Waals surface area contributed by atoms with Gasteiger partial charge >= 0.3 is 0 Å². The summed E-state index contributed by atoms with van der Waals surface area (Å²) in [5.74, 6) is 1.67. The van der Waals surface area contributed by atoms with Crippen LogP contribution in [0.3, 0.4) is 0 Å². The fraction of sp³-hybridized carbons (Fsp3) is 0.294. The van der Waals surface area contributed by atoms with Gasteiger partial charge in [-0.25, -0.2) is 4.39 Å². The standard InChI is InChI=1S/C17H18FNO3/c1-20-12-3-4-16(21-2)14(8-12)15-7-11(18)5-10-6-13(9-19)22-17(10)15/h3-5,7-8,13H,6,9,19H2,1-2H3. The molecule has 1 aliphatic heterocycles. The predicted molar refractivity (Wildman–Crippen MR) is 82.1 cm³/mol. The van der Waals surface area contributed by atoms with Crippen LogP contribution in [0, 0.1) is 5.82 Å². The van der Waals surface area contributed by atoms with Crippen molar-refractivity contribution in [1.29, 1.82) is 0 Å². The van der Waals surface area contributed by atoms with Gasteiger partial charge in [0, 0.05) is 29.7 Å². The van der Waals surface area contributed by atoms with Gasteiger partial charge in [0.05, 0.1) is 14.2 Å². The normalized spacial score (nSPS) is 16.1. The zero-order valence-corrected chi connectivity index (χ0v) is 12.6. The molecule has 2 aromatic carbocycles. The summed E-state index contributed by atoms with van der Waals surface area (Å²) < 4.78 is 30.5. The second kappa shape index (κ2) is 5.85. The molecule has 0 aromatic heterocycles. The Labute approximate surface area is 128 Å². The van der Waals surface area contributed by atoms with E-state index < -0.39 is 0 Å². The van der Waals surface area contributed by atoms with Crippen molar-refractivity contribution in [3.63, 3.8) is 0 Å². The first kappa shape index (κ1) is 14.7. The molecule has 1 heterocycles. The van der Waals surface area contributed by atoms with Crippen LogP contribution in [-0.4, -0.2) is 26.9 Å². The molecule has 0 saturated heterocycles. The Hall–Kier alpha value is -2.27. The number of nitrogens with two attached hydrogens (primary N) is 1. The lowest BCUT2D eigenvalue weighted by Gasteiger charge is -2.15. The highest BCUT2D eigenvalue weighted by Gasteiger charge is 2.27. The zero-order chi connectivity index (χ0) is 15.7. The molecule has 3 rings (SSSR count). The third-order valence-corrected chi connectivity index (χ3v) is 3.82. The van der Waals surface area contributed by atoms with Crippen molar-refractivity contribution in [3.05, 3.63) is 41.7 Å². The summed E-state index contributed by atoms with van der Waals surface area (Å²) in [6.45, 7) is 0.394. The number of fused-ring (bicyclic) bond motifs is 1. The maximum atomic E-state index is 14.0. The van der Waals surface area contributed by atoms with Crippen molar-refractivity contribution in [1.82, 2.24) is 0 Å². The lowest BCUT2D eigenvalue weighted by atomic mass is 9.99. The fourth-order valence-corrected chi connectivity index (χ4v) is 2.75. The van der Waals surface area contributed by atoms with Gasteiger partial charge in [-0.1, -0.05) is 0 Å². The molecule has 0 fully saturated rings. The van der Waals surface area contributed by atoms with Crippen LogP contribution < -0.4 is 19.9 Å². The highest BCUT2D eigenvalue weighted by atomic mass is 19.1. The topological polar surface area (TPSA) is 53.7 Å². The number of hydrogen-bond acceptors (Lipinski definition) is 4. The van der Waals surface area contributed by atoms with E-state index in [0.717, 1.165) is 11.1 Å². The Morgan fingerprint density at radius 2 is 2.00 bits per heavy atom. The zero-order valence-electron chi connectivity index (χ0n) is 12.6. The van der Waals surface area contributed by atoms with Crippen molar-refractivity contribution in [2.75, 3.05) is 20.8 Å². The van der Waals surface area contributed by atoms with Crippen LogP contribution in [0.4, 0.5) is 4.39 Å². The highest BCUT2D eigenvalue weighted by molar-refractivity contribution is 5.79. The Bertz CT molecular complexity index is 703. The van der Waals surface area contributed by atoms with E-state index in [9.17, 15) is 4.39 Å². The molecule has 0 radical (unpaired) electrons. The van der Waals surface area contributed by atoms with Crippen LogP contribution in [0.1, 0.15) is 5.56 Å². The summed E-state index contributed by atoms with van der Waals surface area (Å²) in [5, 5.41) is 0. The van der Waals surface area contributed by atoms with Gasteiger partial charge < -0.3 is 19.9 Å². The monoisotopic (exact) mass is 303 g/mol. The molecule has 116 valence electrons. The summed E-state index contributed by atoms with van der Waals surface area (Å²) in [6.07, 6.45) is 0.496. The van der Waals surface area contributed by atoms with Gasteiger partial charge in [0.1, 0.15) is 29.2 Å². The van der Waals surface area contributed by atoms with Crippen LogP contribution in [0.5, 0.6) is 17.2 Å². The molecule has 5 heteroatoms. The van der Waals surface area contributed by atoms with E-state index in [1.165, 1.54) is 12.1 Å². The first-order valence-corrected chi connectivity index (χ1v) is 7.07. The largest absolute Gasteiger partial charge is 0.497 e. The van der Waals surface area contributed by atoms with Crippen LogP contribution in [0.15, 0.2) is 30.3 Å².